The predicted molar refractivity (Wildman–Crippen MR) is 92.9 cm³/mol. The highest BCUT2D eigenvalue weighted by Gasteiger charge is 2.34. The molecule has 25 heavy (non-hydrogen) atoms. The van der Waals surface area contributed by atoms with Crippen LogP contribution in [0.15, 0.2) is 24.7 Å². The van der Waals surface area contributed by atoms with Crippen LogP contribution in [0.2, 0.25) is 0 Å². The van der Waals surface area contributed by atoms with Gasteiger partial charge in [-0.25, -0.2) is 24.9 Å². The standard InChI is InChI=1S/C17H16N6OS/c1-9-11(3)25-16(21-9)17(24)23-8-13-12(10(23)2)7-20-15(22-13)14-18-5-4-6-19-14/h4-7,10H,8H2,1-3H3. The zero-order valence-electron chi connectivity index (χ0n) is 14.1. The van der Waals surface area contributed by atoms with Crippen molar-refractivity contribution in [2.75, 3.05) is 0 Å². The van der Waals surface area contributed by atoms with Crippen molar-refractivity contribution in [2.45, 2.75) is 33.4 Å². The van der Waals surface area contributed by atoms with Gasteiger partial charge in [0.2, 0.25) is 0 Å². The van der Waals surface area contributed by atoms with Gasteiger partial charge in [0, 0.05) is 29.0 Å². The molecule has 0 N–H and O–H groups in total. The third-order valence-corrected chi connectivity index (χ3v) is 5.44. The first-order valence-electron chi connectivity index (χ1n) is 7.93. The summed E-state index contributed by atoms with van der Waals surface area (Å²) in [5.74, 6) is 0.889. The maximum atomic E-state index is 12.8. The van der Waals surface area contributed by atoms with Crippen molar-refractivity contribution in [3.8, 4) is 11.6 Å². The fourth-order valence-electron chi connectivity index (χ4n) is 2.83. The number of hydrogen-bond acceptors (Lipinski definition) is 7. The SMILES string of the molecule is Cc1nc(C(=O)N2Cc3nc(-c4ncccn4)ncc3C2C)sc1C. The second kappa shape index (κ2) is 5.96. The Kier molecular flexibility index (Phi) is 3.76. The fraction of sp³-hybridized carbons (Fsp3) is 0.294. The molecule has 0 fully saturated rings. The highest BCUT2D eigenvalue weighted by Crippen LogP contribution is 2.34. The highest BCUT2D eigenvalue weighted by atomic mass is 32.1. The van der Waals surface area contributed by atoms with Gasteiger partial charge in [0.25, 0.3) is 5.91 Å². The van der Waals surface area contributed by atoms with E-state index >= 15 is 0 Å². The molecule has 0 saturated heterocycles. The van der Waals surface area contributed by atoms with Crippen LogP contribution in [0.1, 0.15) is 44.6 Å². The largest absolute Gasteiger partial charge is 0.324 e. The van der Waals surface area contributed by atoms with Crippen molar-refractivity contribution in [3.05, 3.63) is 51.5 Å². The minimum atomic E-state index is -0.0854. The van der Waals surface area contributed by atoms with Crippen LogP contribution in [0.3, 0.4) is 0 Å². The van der Waals surface area contributed by atoms with Gasteiger partial charge in [-0.2, -0.15) is 0 Å². The number of fused-ring (bicyclic) bond motifs is 1. The number of aromatic nitrogens is 5. The lowest BCUT2D eigenvalue weighted by molar-refractivity contribution is 0.0703. The van der Waals surface area contributed by atoms with Crippen molar-refractivity contribution in [1.82, 2.24) is 29.8 Å². The molecule has 1 atom stereocenters. The molecule has 0 aliphatic carbocycles. The fourth-order valence-corrected chi connectivity index (χ4v) is 3.70. The van der Waals surface area contributed by atoms with Gasteiger partial charge in [-0.1, -0.05) is 0 Å². The molecular weight excluding hydrogens is 336 g/mol. The normalized spacial score (nSPS) is 16.1. The van der Waals surface area contributed by atoms with Gasteiger partial charge in [0.15, 0.2) is 16.7 Å². The molecule has 8 heteroatoms. The number of nitrogens with zero attached hydrogens (tertiary/aromatic N) is 6. The molecule has 7 nitrogen and oxygen atoms in total. The third kappa shape index (κ3) is 2.68. The number of rotatable bonds is 2. The van der Waals surface area contributed by atoms with E-state index in [1.807, 2.05) is 20.8 Å². The highest BCUT2D eigenvalue weighted by molar-refractivity contribution is 7.13. The Morgan fingerprint density at radius 2 is 1.92 bits per heavy atom. The van der Waals surface area contributed by atoms with E-state index in [-0.39, 0.29) is 11.9 Å². The lowest BCUT2D eigenvalue weighted by atomic mass is 10.1. The van der Waals surface area contributed by atoms with Gasteiger partial charge >= 0.3 is 0 Å². The third-order valence-electron chi connectivity index (χ3n) is 4.38. The zero-order valence-corrected chi connectivity index (χ0v) is 14.9. The first-order chi connectivity index (χ1) is 12.0. The van der Waals surface area contributed by atoms with E-state index in [2.05, 4.69) is 24.9 Å². The van der Waals surface area contributed by atoms with E-state index in [1.54, 1.807) is 29.6 Å². The molecule has 3 aromatic rings. The summed E-state index contributed by atoms with van der Waals surface area (Å²) in [6.45, 7) is 6.32. The summed E-state index contributed by atoms with van der Waals surface area (Å²) in [6.07, 6.45) is 5.08. The molecule has 0 spiro atoms. The maximum absolute atomic E-state index is 12.8. The van der Waals surface area contributed by atoms with E-state index in [0.29, 0.717) is 23.2 Å². The Bertz CT molecular complexity index is 936. The Labute approximate surface area is 148 Å². The van der Waals surface area contributed by atoms with Crippen molar-refractivity contribution in [3.63, 3.8) is 0 Å². The van der Waals surface area contributed by atoms with Gasteiger partial charge < -0.3 is 4.90 Å². The predicted octanol–water partition coefficient (Wildman–Crippen LogP) is 2.72. The van der Waals surface area contributed by atoms with E-state index < -0.39 is 0 Å². The molecule has 3 aromatic heterocycles. The smallest absolute Gasteiger partial charge is 0.283 e. The molecule has 1 amide bonds. The average molecular weight is 352 g/mol. The Morgan fingerprint density at radius 3 is 2.60 bits per heavy atom. The Hall–Kier alpha value is -2.74. The second-order valence-electron chi connectivity index (χ2n) is 5.94. The van der Waals surface area contributed by atoms with E-state index in [9.17, 15) is 4.79 Å². The van der Waals surface area contributed by atoms with Gasteiger partial charge in [-0.05, 0) is 26.8 Å². The molecule has 126 valence electrons. The molecule has 1 unspecified atom stereocenters. The van der Waals surface area contributed by atoms with Crippen LogP contribution in [-0.2, 0) is 6.54 Å². The summed E-state index contributed by atoms with van der Waals surface area (Å²) >= 11 is 1.43. The zero-order chi connectivity index (χ0) is 17.6. The van der Waals surface area contributed by atoms with Crippen LogP contribution in [0.5, 0.6) is 0 Å². The lowest BCUT2D eigenvalue weighted by Gasteiger charge is -2.20. The summed E-state index contributed by atoms with van der Waals surface area (Å²) in [5, 5.41) is 0.522. The quantitative estimate of drug-likeness (QED) is 0.705. The molecule has 0 aromatic carbocycles. The first-order valence-corrected chi connectivity index (χ1v) is 8.74. The molecule has 0 radical (unpaired) electrons. The van der Waals surface area contributed by atoms with E-state index in [0.717, 1.165) is 21.8 Å². The maximum Gasteiger partial charge on any atom is 0.283 e. The Morgan fingerprint density at radius 1 is 1.16 bits per heavy atom. The average Bonchev–Trinajstić information content (AvgIpc) is 3.14. The van der Waals surface area contributed by atoms with Crippen LogP contribution in [0.4, 0.5) is 0 Å². The van der Waals surface area contributed by atoms with Crippen LogP contribution >= 0.6 is 11.3 Å². The van der Waals surface area contributed by atoms with Gasteiger partial charge in [-0.3, -0.25) is 4.79 Å². The molecule has 4 heterocycles. The number of hydrogen-bond donors (Lipinski definition) is 0. The summed E-state index contributed by atoms with van der Waals surface area (Å²) in [4.78, 5) is 37.4. The summed E-state index contributed by atoms with van der Waals surface area (Å²) in [6, 6.07) is 1.66. The topological polar surface area (TPSA) is 84.8 Å². The summed E-state index contributed by atoms with van der Waals surface area (Å²) < 4.78 is 0. The molecular formula is C17H16N6OS. The number of amides is 1. The first kappa shape index (κ1) is 15.8. The van der Waals surface area contributed by atoms with Gasteiger partial charge in [0.05, 0.1) is 24.0 Å². The van der Waals surface area contributed by atoms with Gasteiger partial charge in [0.1, 0.15) is 0 Å². The van der Waals surface area contributed by atoms with Crippen molar-refractivity contribution >= 4 is 17.2 Å². The van der Waals surface area contributed by atoms with E-state index in [4.69, 9.17) is 0 Å². The molecule has 4 rings (SSSR count). The minimum absolute atomic E-state index is 0.0655. The van der Waals surface area contributed by atoms with E-state index in [1.165, 1.54) is 11.3 Å². The van der Waals surface area contributed by atoms with Crippen molar-refractivity contribution < 1.29 is 4.79 Å². The number of thiazole rings is 1. The number of carbonyl (C=O) groups excluding carboxylic acids is 1. The summed E-state index contributed by atoms with van der Waals surface area (Å²) in [7, 11) is 0. The second-order valence-corrected chi connectivity index (χ2v) is 7.14. The Balaban J connectivity index is 1.64. The molecule has 1 aliphatic rings. The number of carbonyl (C=O) groups is 1. The molecule has 0 bridgehead atoms. The van der Waals surface area contributed by atoms with Gasteiger partial charge in [-0.15, -0.1) is 11.3 Å². The van der Waals surface area contributed by atoms with Crippen LogP contribution in [-0.4, -0.2) is 35.7 Å². The van der Waals surface area contributed by atoms with Crippen LogP contribution in [0.25, 0.3) is 11.6 Å². The lowest BCUT2D eigenvalue weighted by Crippen LogP contribution is -2.28. The van der Waals surface area contributed by atoms with Crippen LogP contribution < -0.4 is 0 Å². The van der Waals surface area contributed by atoms with Crippen LogP contribution in [0, 0.1) is 13.8 Å². The minimum Gasteiger partial charge on any atom is -0.324 e. The monoisotopic (exact) mass is 352 g/mol. The molecule has 0 saturated carbocycles. The van der Waals surface area contributed by atoms with Crippen molar-refractivity contribution in [1.29, 1.82) is 0 Å². The van der Waals surface area contributed by atoms with Crippen molar-refractivity contribution in [2.24, 2.45) is 0 Å². The summed E-state index contributed by atoms with van der Waals surface area (Å²) in [5.41, 5.74) is 2.70. The molecule has 1 aliphatic heterocycles. The number of aryl methyl sites for hydroxylation is 2.